The molecule has 3 aliphatic rings. The van der Waals surface area contributed by atoms with Crippen molar-refractivity contribution in [3.63, 3.8) is 0 Å². The molecule has 6 heteroatoms. The maximum Gasteiger partial charge on any atom is 0.333 e. The van der Waals surface area contributed by atoms with Gasteiger partial charge in [-0.25, -0.2) is 4.98 Å². The molecule has 2 aliphatic heterocycles. The van der Waals surface area contributed by atoms with Crippen molar-refractivity contribution in [1.82, 2.24) is 9.55 Å². The molecule has 0 N–H and O–H groups in total. The fourth-order valence-electron chi connectivity index (χ4n) is 11.3. The van der Waals surface area contributed by atoms with E-state index in [1.54, 1.807) is 11.3 Å². The fourth-order valence-corrected chi connectivity index (χ4v) is 13.4. The van der Waals surface area contributed by atoms with Gasteiger partial charge in [-0.3, -0.25) is 0 Å². The molecule has 294 valence electrons. The van der Waals surface area contributed by atoms with E-state index in [2.05, 4.69) is 196 Å². The first-order valence-electron chi connectivity index (χ1n) is 21.7. The lowest BCUT2D eigenvalue weighted by molar-refractivity contribution is 0.590. The molecule has 3 nitrogen and oxygen atoms in total. The maximum absolute atomic E-state index is 5.38. The van der Waals surface area contributed by atoms with E-state index in [0.29, 0.717) is 0 Å². The summed E-state index contributed by atoms with van der Waals surface area (Å²) in [5.74, 6) is 0. The first kappa shape index (κ1) is 35.2. The van der Waals surface area contributed by atoms with Gasteiger partial charge in [-0.05, 0) is 104 Å². The minimum atomic E-state index is -0.101. The Morgan fingerprint density at radius 2 is 1.35 bits per heavy atom. The van der Waals surface area contributed by atoms with Gasteiger partial charge in [-0.15, -0.1) is 22.7 Å². The zero-order valence-electron chi connectivity index (χ0n) is 35.2. The number of rotatable bonds is 2. The molecular formula is C56H40BN3S2. The quantitative estimate of drug-likeness (QED) is 0.162. The second-order valence-electron chi connectivity index (χ2n) is 19.1. The van der Waals surface area contributed by atoms with Gasteiger partial charge in [0.25, 0.3) is 0 Å². The van der Waals surface area contributed by atoms with E-state index in [-0.39, 0.29) is 17.7 Å². The third kappa shape index (κ3) is 4.53. The molecule has 0 saturated heterocycles. The van der Waals surface area contributed by atoms with Crippen LogP contribution in [0.15, 0.2) is 152 Å². The highest BCUT2D eigenvalue weighted by molar-refractivity contribution is 7.26. The number of benzene rings is 8. The molecule has 0 saturated carbocycles. The maximum atomic E-state index is 5.38. The minimum absolute atomic E-state index is 0.0410. The molecule has 0 unspecified atom stereocenters. The van der Waals surface area contributed by atoms with Gasteiger partial charge in [0.1, 0.15) is 5.01 Å². The summed E-state index contributed by atoms with van der Waals surface area (Å²) in [5.41, 5.74) is 20.5. The van der Waals surface area contributed by atoms with E-state index in [1.807, 2.05) is 11.3 Å². The number of thiophene rings is 1. The molecule has 1 aliphatic carbocycles. The smallest absolute Gasteiger partial charge is 0.333 e. The standard InChI is InChI=1S/C56H40BN3S2/c1-55(2,3)32-19-21-33(22-20-32)60-47-27-41-35-16-10-12-18-49(35)61-50(41)28-40(47)36-23-24-37-39-25-43-38(34-15-9-11-17-42(34)56(43,4)5)26-46(39)59-48-30-51-45(29-44(48)57(60)52(36)53(37)59)58-54(62-51)31-13-7-6-8-14-31/h6-30H,1-5H3. The first-order valence-corrected chi connectivity index (χ1v) is 23.4. The summed E-state index contributed by atoms with van der Waals surface area (Å²) in [6.45, 7) is 11.6. The lowest BCUT2D eigenvalue weighted by Crippen LogP contribution is -2.60. The second-order valence-corrected chi connectivity index (χ2v) is 21.3. The van der Waals surface area contributed by atoms with Crippen LogP contribution in [-0.4, -0.2) is 16.4 Å². The van der Waals surface area contributed by atoms with Crippen molar-refractivity contribution in [1.29, 1.82) is 0 Å². The predicted molar refractivity (Wildman–Crippen MR) is 268 cm³/mol. The summed E-state index contributed by atoms with van der Waals surface area (Å²) in [4.78, 5) is 8.06. The van der Waals surface area contributed by atoms with E-state index < -0.39 is 0 Å². The average molecular weight is 830 g/mol. The third-order valence-corrected chi connectivity index (χ3v) is 16.6. The van der Waals surface area contributed by atoms with Crippen LogP contribution in [0.1, 0.15) is 51.3 Å². The van der Waals surface area contributed by atoms with Gasteiger partial charge in [-0.1, -0.05) is 132 Å². The SMILES string of the molecule is CC(C)(C)c1ccc(N2B3c4cc5nc(-c6ccccc6)sc5cc4-n4c5cc6c(cc5c5ccc(c3c54)-c3cc4sc5ccccc5c4cc32)C(C)(C)c2ccccc2-6)cc1. The molecule has 8 aromatic carbocycles. The Balaban J connectivity index is 1.14. The van der Waals surface area contributed by atoms with Crippen LogP contribution >= 0.6 is 22.7 Å². The van der Waals surface area contributed by atoms with Crippen molar-refractivity contribution in [2.75, 3.05) is 4.81 Å². The Morgan fingerprint density at radius 3 is 2.19 bits per heavy atom. The lowest BCUT2D eigenvalue weighted by Gasteiger charge is -2.42. The minimum Gasteiger partial charge on any atom is -0.376 e. The molecule has 0 radical (unpaired) electrons. The van der Waals surface area contributed by atoms with Crippen molar-refractivity contribution in [2.24, 2.45) is 0 Å². The van der Waals surface area contributed by atoms with E-state index in [4.69, 9.17) is 4.98 Å². The van der Waals surface area contributed by atoms with Gasteiger partial charge in [0, 0.05) is 64.5 Å². The van der Waals surface area contributed by atoms with Crippen LogP contribution in [0.2, 0.25) is 0 Å². The Kier molecular flexibility index (Phi) is 6.76. The molecule has 0 amide bonds. The first-order chi connectivity index (χ1) is 30.1. The predicted octanol–water partition coefficient (Wildman–Crippen LogP) is 14.3. The molecule has 0 spiro atoms. The number of thiazole rings is 1. The van der Waals surface area contributed by atoms with E-state index in [1.165, 1.54) is 114 Å². The number of hydrogen-bond acceptors (Lipinski definition) is 4. The summed E-state index contributed by atoms with van der Waals surface area (Å²) in [6, 6.07) is 57.8. The molecule has 5 heterocycles. The van der Waals surface area contributed by atoms with Crippen LogP contribution in [0.3, 0.4) is 0 Å². The van der Waals surface area contributed by atoms with E-state index in [0.717, 1.165) is 16.1 Å². The number of anilines is 2. The van der Waals surface area contributed by atoms with Crippen molar-refractivity contribution < 1.29 is 0 Å². The topological polar surface area (TPSA) is 21.1 Å². The normalized spacial score (nSPS) is 14.6. The fraction of sp³-hybridized carbons (Fsp3) is 0.125. The lowest BCUT2D eigenvalue weighted by atomic mass is 9.44. The van der Waals surface area contributed by atoms with E-state index >= 15 is 0 Å². The Bertz CT molecular complexity index is 3770. The van der Waals surface area contributed by atoms with Gasteiger partial charge in [-0.2, -0.15) is 0 Å². The number of nitrogens with zero attached hydrogens (tertiary/aromatic N) is 3. The molecule has 0 fully saturated rings. The zero-order chi connectivity index (χ0) is 41.4. The van der Waals surface area contributed by atoms with Gasteiger partial charge in [0.15, 0.2) is 0 Å². The van der Waals surface area contributed by atoms with E-state index in [9.17, 15) is 0 Å². The van der Waals surface area contributed by atoms with Crippen molar-refractivity contribution >= 4 is 104 Å². The van der Waals surface area contributed by atoms with Crippen molar-refractivity contribution in [3.05, 3.63) is 168 Å². The summed E-state index contributed by atoms with van der Waals surface area (Å²) < 4.78 is 6.49. The molecule has 0 atom stereocenters. The van der Waals surface area contributed by atoms with Crippen molar-refractivity contribution in [2.45, 2.75) is 45.4 Å². The monoisotopic (exact) mass is 829 g/mol. The van der Waals surface area contributed by atoms with Crippen LogP contribution in [0.25, 0.3) is 90.7 Å². The Morgan fingerprint density at radius 1 is 0.565 bits per heavy atom. The van der Waals surface area contributed by atoms with Gasteiger partial charge in [0.05, 0.1) is 21.3 Å². The zero-order valence-corrected chi connectivity index (χ0v) is 36.8. The summed E-state index contributed by atoms with van der Waals surface area (Å²) in [5, 5.41) is 6.31. The molecule has 14 rings (SSSR count). The molecule has 0 bridgehead atoms. The van der Waals surface area contributed by atoms with Crippen LogP contribution in [0.5, 0.6) is 0 Å². The van der Waals surface area contributed by atoms with Gasteiger partial charge < -0.3 is 9.38 Å². The van der Waals surface area contributed by atoms with Crippen LogP contribution in [-0.2, 0) is 10.8 Å². The highest BCUT2D eigenvalue weighted by Gasteiger charge is 2.45. The Labute approximate surface area is 368 Å². The molecular weight excluding hydrogens is 790 g/mol. The van der Waals surface area contributed by atoms with Gasteiger partial charge in [0.2, 0.25) is 0 Å². The number of fused-ring (bicyclic) bond motifs is 15. The van der Waals surface area contributed by atoms with Crippen LogP contribution in [0.4, 0.5) is 11.4 Å². The van der Waals surface area contributed by atoms with Crippen LogP contribution < -0.4 is 15.7 Å². The molecule has 11 aromatic rings. The largest absolute Gasteiger partial charge is 0.376 e. The third-order valence-electron chi connectivity index (χ3n) is 14.4. The van der Waals surface area contributed by atoms with Gasteiger partial charge >= 0.3 is 6.85 Å². The number of hydrogen-bond donors (Lipinski definition) is 0. The summed E-state index contributed by atoms with van der Waals surface area (Å²) >= 11 is 3.70. The molecule has 3 aromatic heterocycles. The molecule has 62 heavy (non-hydrogen) atoms. The average Bonchev–Trinajstić information content (AvgIpc) is 4.02. The highest BCUT2D eigenvalue weighted by Crippen LogP contribution is 2.53. The summed E-state index contributed by atoms with van der Waals surface area (Å²) in [7, 11) is 0. The van der Waals surface area contributed by atoms with Crippen molar-refractivity contribution in [3.8, 4) is 38.5 Å². The van der Waals surface area contributed by atoms with Crippen LogP contribution in [0, 0.1) is 0 Å². The second kappa shape index (κ2) is 11.9. The Hall–Kier alpha value is -6.47. The summed E-state index contributed by atoms with van der Waals surface area (Å²) in [6.07, 6.45) is 0. The number of aromatic nitrogens is 2. The highest BCUT2D eigenvalue weighted by atomic mass is 32.1.